The van der Waals surface area contributed by atoms with Gasteiger partial charge in [0.15, 0.2) is 0 Å². The zero-order chi connectivity index (χ0) is 11.4. The van der Waals surface area contributed by atoms with Crippen molar-refractivity contribution >= 4 is 11.8 Å². The number of nitrogens with zero attached hydrogens (tertiary/aromatic N) is 1. The van der Waals surface area contributed by atoms with E-state index in [4.69, 9.17) is 0 Å². The molecule has 5 nitrogen and oxygen atoms in total. The summed E-state index contributed by atoms with van der Waals surface area (Å²) in [6, 6.07) is 4.26. The molecule has 2 heterocycles. The van der Waals surface area contributed by atoms with Gasteiger partial charge in [-0.1, -0.05) is 0 Å². The molecule has 1 aliphatic heterocycles. The Morgan fingerprint density at radius 3 is 3.19 bits per heavy atom. The van der Waals surface area contributed by atoms with Gasteiger partial charge in [-0.3, -0.25) is 14.6 Å². The van der Waals surface area contributed by atoms with E-state index in [9.17, 15) is 9.59 Å². The van der Waals surface area contributed by atoms with Crippen molar-refractivity contribution in [2.24, 2.45) is 0 Å². The fourth-order valence-electron chi connectivity index (χ4n) is 1.63. The van der Waals surface area contributed by atoms with Gasteiger partial charge in [-0.15, -0.1) is 0 Å². The largest absolute Gasteiger partial charge is 0.356 e. The number of carbonyl (C=O) groups excluding carboxylic acids is 2. The average Bonchev–Trinajstić information content (AvgIpc) is 2.30. The highest BCUT2D eigenvalue weighted by molar-refractivity contribution is 5.94. The van der Waals surface area contributed by atoms with E-state index in [0.29, 0.717) is 18.5 Å². The second kappa shape index (κ2) is 4.74. The van der Waals surface area contributed by atoms with Gasteiger partial charge in [0.2, 0.25) is 5.91 Å². The summed E-state index contributed by atoms with van der Waals surface area (Å²) in [5.41, 5.74) is 0.445. The predicted molar refractivity (Wildman–Crippen MR) is 56.6 cm³/mol. The second-order valence-corrected chi connectivity index (χ2v) is 3.67. The SMILES string of the molecule is O=C1CC(NC(=O)c2[c]cncc2)CCN1. The topological polar surface area (TPSA) is 71.1 Å². The molecule has 0 spiro atoms. The van der Waals surface area contributed by atoms with E-state index in [-0.39, 0.29) is 17.9 Å². The van der Waals surface area contributed by atoms with Crippen molar-refractivity contribution < 1.29 is 9.59 Å². The molecule has 1 unspecified atom stereocenters. The van der Waals surface area contributed by atoms with Crippen molar-refractivity contribution in [3.8, 4) is 0 Å². The van der Waals surface area contributed by atoms with Crippen molar-refractivity contribution in [1.29, 1.82) is 0 Å². The highest BCUT2D eigenvalue weighted by Crippen LogP contribution is 2.05. The molecule has 0 saturated carbocycles. The lowest BCUT2D eigenvalue weighted by molar-refractivity contribution is -0.122. The minimum absolute atomic E-state index is 0.0183. The average molecular weight is 218 g/mol. The standard InChI is InChI=1S/C11H12N3O2/c15-10-7-9(3-6-13-10)14-11(16)8-1-4-12-5-2-8/h1,4-5,9H,3,6-7H2,(H,13,15)(H,14,16). The first-order chi connectivity index (χ1) is 7.75. The smallest absolute Gasteiger partial charge is 0.252 e. The van der Waals surface area contributed by atoms with Crippen molar-refractivity contribution in [3.05, 3.63) is 30.1 Å². The molecule has 2 rings (SSSR count). The van der Waals surface area contributed by atoms with Gasteiger partial charge < -0.3 is 10.6 Å². The van der Waals surface area contributed by atoms with Crippen LogP contribution in [0, 0.1) is 6.07 Å². The maximum atomic E-state index is 11.7. The first-order valence-corrected chi connectivity index (χ1v) is 5.15. The van der Waals surface area contributed by atoms with Crippen LogP contribution in [-0.4, -0.2) is 29.4 Å². The third-order valence-electron chi connectivity index (χ3n) is 2.45. The van der Waals surface area contributed by atoms with Crippen LogP contribution >= 0.6 is 0 Å². The number of hydrogen-bond acceptors (Lipinski definition) is 3. The first kappa shape index (κ1) is 10.6. The molecule has 1 saturated heterocycles. The quantitative estimate of drug-likeness (QED) is 0.727. The summed E-state index contributed by atoms with van der Waals surface area (Å²) in [5.74, 6) is -0.225. The van der Waals surface area contributed by atoms with Gasteiger partial charge >= 0.3 is 0 Å². The van der Waals surface area contributed by atoms with E-state index >= 15 is 0 Å². The molecule has 0 aliphatic carbocycles. The Morgan fingerprint density at radius 1 is 1.62 bits per heavy atom. The van der Waals surface area contributed by atoms with Crippen molar-refractivity contribution in [2.75, 3.05) is 6.54 Å². The molecule has 0 aromatic carbocycles. The van der Waals surface area contributed by atoms with Gasteiger partial charge in [0.25, 0.3) is 5.91 Å². The van der Waals surface area contributed by atoms with Gasteiger partial charge in [0.05, 0.1) is 5.56 Å². The van der Waals surface area contributed by atoms with Crippen LogP contribution in [-0.2, 0) is 4.79 Å². The fourth-order valence-corrected chi connectivity index (χ4v) is 1.63. The summed E-state index contributed by atoms with van der Waals surface area (Å²) >= 11 is 0. The molecule has 1 aromatic rings. The molecule has 2 N–H and O–H groups in total. The van der Waals surface area contributed by atoms with Gasteiger partial charge in [-0.25, -0.2) is 0 Å². The van der Waals surface area contributed by atoms with Crippen molar-refractivity contribution in [1.82, 2.24) is 15.6 Å². The van der Waals surface area contributed by atoms with Crippen LogP contribution in [0.1, 0.15) is 23.2 Å². The zero-order valence-corrected chi connectivity index (χ0v) is 8.69. The number of pyridine rings is 1. The maximum absolute atomic E-state index is 11.7. The summed E-state index contributed by atoms with van der Waals surface area (Å²) in [7, 11) is 0. The summed E-state index contributed by atoms with van der Waals surface area (Å²) in [4.78, 5) is 26.6. The Bertz CT molecular complexity index is 391. The summed E-state index contributed by atoms with van der Waals surface area (Å²) in [6.45, 7) is 0.615. The molecule has 1 radical (unpaired) electrons. The first-order valence-electron chi connectivity index (χ1n) is 5.15. The Hall–Kier alpha value is -1.91. The zero-order valence-electron chi connectivity index (χ0n) is 8.69. The van der Waals surface area contributed by atoms with Gasteiger partial charge in [-0.05, 0) is 12.5 Å². The number of nitrogens with one attached hydrogen (secondary N) is 2. The molecule has 1 aromatic heterocycles. The van der Waals surface area contributed by atoms with Crippen LogP contribution in [0.25, 0.3) is 0 Å². The summed E-state index contributed by atoms with van der Waals surface area (Å²) in [6.07, 6.45) is 4.10. The lowest BCUT2D eigenvalue weighted by Gasteiger charge is -2.22. The molecule has 1 fully saturated rings. The normalized spacial score (nSPS) is 20.0. The molecule has 1 atom stereocenters. The lowest BCUT2D eigenvalue weighted by Crippen LogP contribution is -2.45. The van der Waals surface area contributed by atoms with Crippen LogP contribution < -0.4 is 10.6 Å². The summed E-state index contributed by atoms with van der Waals surface area (Å²) < 4.78 is 0. The number of rotatable bonds is 2. The molecule has 0 bridgehead atoms. The molecule has 83 valence electrons. The van der Waals surface area contributed by atoms with Gasteiger partial charge in [0.1, 0.15) is 0 Å². The molecular weight excluding hydrogens is 206 g/mol. The Balaban J connectivity index is 1.95. The van der Waals surface area contributed by atoms with E-state index in [1.807, 2.05) is 0 Å². The third-order valence-corrected chi connectivity index (χ3v) is 2.45. The number of aromatic nitrogens is 1. The van der Waals surface area contributed by atoms with E-state index in [0.717, 1.165) is 6.42 Å². The number of amides is 2. The number of piperidine rings is 1. The fraction of sp³-hybridized carbons (Fsp3) is 0.364. The number of carbonyl (C=O) groups is 2. The molecule has 2 amide bonds. The Morgan fingerprint density at radius 2 is 2.50 bits per heavy atom. The molecule has 1 aliphatic rings. The molecule has 16 heavy (non-hydrogen) atoms. The van der Waals surface area contributed by atoms with Crippen molar-refractivity contribution in [2.45, 2.75) is 18.9 Å². The minimum atomic E-state index is -0.206. The Labute approximate surface area is 93.3 Å². The van der Waals surface area contributed by atoms with Crippen LogP contribution in [0.2, 0.25) is 0 Å². The highest BCUT2D eigenvalue weighted by atomic mass is 16.2. The maximum Gasteiger partial charge on any atom is 0.252 e. The van der Waals surface area contributed by atoms with Crippen molar-refractivity contribution in [3.63, 3.8) is 0 Å². The second-order valence-electron chi connectivity index (χ2n) is 3.67. The van der Waals surface area contributed by atoms with E-state index in [1.54, 1.807) is 12.3 Å². The van der Waals surface area contributed by atoms with E-state index < -0.39 is 0 Å². The number of hydrogen-bond donors (Lipinski definition) is 2. The highest BCUT2D eigenvalue weighted by Gasteiger charge is 2.20. The molecule has 5 heteroatoms. The van der Waals surface area contributed by atoms with E-state index in [2.05, 4.69) is 21.7 Å². The van der Waals surface area contributed by atoms with Crippen LogP contribution in [0.5, 0.6) is 0 Å². The van der Waals surface area contributed by atoms with Gasteiger partial charge in [-0.2, -0.15) is 0 Å². The third kappa shape index (κ3) is 2.56. The van der Waals surface area contributed by atoms with E-state index in [1.165, 1.54) is 6.20 Å². The lowest BCUT2D eigenvalue weighted by atomic mass is 10.1. The monoisotopic (exact) mass is 218 g/mol. The Kier molecular flexibility index (Phi) is 3.14. The summed E-state index contributed by atoms with van der Waals surface area (Å²) in [5, 5.41) is 5.52. The van der Waals surface area contributed by atoms with Crippen LogP contribution in [0.3, 0.4) is 0 Å². The van der Waals surface area contributed by atoms with Crippen LogP contribution in [0.4, 0.5) is 0 Å². The van der Waals surface area contributed by atoms with Crippen LogP contribution in [0.15, 0.2) is 18.5 Å². The minimum Gasteiger partial charge on any atom is -0.356 e. The predicted octanol–water partition coefficient (Wildman–Crippen LogP) is -0.110. The van der Waals surface area contributed by atoms with Gasteiger partial charge in [0, 0.05) is 37.5 Å². The molecular formula is C11H12N3O2.